The molecule has 0 unspecified atom stereocenters. The van der Waals surface area contributed by atoms with Crippen LogP contribution in [-0.4, -0.2) is 22.5 Å². The second-order valence-corrected chi connectivity index (χ2v) is 5.57. The lowest BCUT2D eigenvalue weighted by molar-refractivity contribution is -0.137. The van der Waals surface area contributed by atoms with Gasteiger partial charge in [0.25, 0.3) is 0 Å². The summed E-state index contributed by atoms with van der Waals surface area (Å²) in [7, 11) is 0. The zero-order valence-corrected chi connectivity index (χ0v) is 12.1. The Kier molecular flexibility index (Phi) is 5.81. The van der Waals surface area contributed by atoms with Crippen LogP contribution in [-0.2, 0) is 16.0 Å². The van der Waals surface area contributed by atoms with Gasteiger partial charge in [0.1, 0.15) is 0 Å². The van der Waals surface area contributed by atoms with Gasteiger partial charge in [-0.15, -0.1) is 0 Å². The van der Waals surface area contributed by atoms with E-state index in [0.717, 1.165) is 12.1 Å². The standard InChI is InChI=1S/C15H19F2NO3/c1-15(2,8-7-14(20)21)18-13(19)6-4-10-3-5-11(16)12(17)9-10/h3,5,9H,4,6-8H2,1-2H3,(H,18,19)(H,20,21). The van der Waals surface area contributed by atoms with Crippen LogP contribution in [0.3, 0.4) is 0 Å². The van der Waals surface area contributed by atoms with Crippen LogP contribution in [0.5, 0.6) is 0 Å². The maximum Gasteiger partial charge on any atom is 0.303 e. The van der Waals surface area contributed by atoms with Crippen LogP contribution in [0.4, 0.5) is 8.78 Å². The Morgan fingerprint density at radius 2 is 1.86 bits per heavy atom. The highest BCUT2D eigenvalue weighted by Gasteiger charge is 2.21. The lowest BCUT2D eigenvalue weighted by atomic mass is 9.98. The number of nitrogens with one attached hydrogen (secondary N) is 1. The second-order valence-electron chi connectivity index (χ2n) is 5.57. The predicted molar refractivity (Wildman–Crippen MR) is 73.8 cm³/mol. The van der Waals surface area contributed by atoms with Gasteiger partial charge in [-0.1, -0.05) is 6.07 Å². The third kappa shape index (κ3) is 6.33. The summed E-state index contributed by atoms with van der Waals surface area (Å²) >= 11 is 0. The van der Waals surface area contributed by atoms with E-state index in [1.54, 1.807) is 13.8 Å². The second kappa shape index (κ2) is 7.15. The molecule has 0 spiro atoms. The highest BCUT2D eigenvalue weighted by Crippen LogP contribution is 2.13. The van der Waals surface area contributed by atoms with Crippen molar-refractivity contribution in [2.24, 2.45) is 0 Å². The molecule has 1 rings (SSSR count). The van der Waals surface area contributed by atoms with Crippen LogP contribution >= 0.6 is 0 Å². The number of aryl methyl sites for hydroxylation is 1. The highest BCUT2D eigenvalue weighted by molar-refractivity contribution is 5.77. The molecule has 1 aromatic rings. The normalized spacial score (nSPS) is 11.2. The number of carboxylic acid groups (broad SMARTS) is 1. The summed E-state index contributed by atoms with van der Waals surface area (Å²) in [6.07, 6.45) is 0.704. The molecule has 0 atom stereocenters. The fourth-order valence-electron chi connectivity index (χ4n) is 1.87. The minimum absolute atomic E-state index is 0.0313. The Morgan fingerprint density at radius 3 is 2.43 bits per heavy atom. The van der Waals surface area contributed by atoms with E-state index in [9.17, 15) is 18.4 Å². The first-order chi connectivity index (χ1) is 9.69. The van der Waals surface area contributed by atoms with Crippen molar-refractivity contribution in [3.05, 3.63) is 35.4 Å². The number of carbonyl (C=O) groups is 2. The predicted octanol–water partition coefficient (Wildman–Crippen LogP) is 2.66. The number of carbonyl (C=O) groups excluding carboxylic acids is 1. The van der Waals surface area contributed by atoms with E-state index in [4.69, 9.17) is 5.11 Å². The quantitative estimate of drug-likeness (QED) is 0.813. The van der Waals surface area contributed by atoms with Crippen LogP contribution in [0.15, 0.2) is 18.2 Å². The molecule has 4 nitrogen and oxygen atoms in total. The van der Waals surface area contributed by atoms with Gasteiger partial charge in [-0.25, -0.2) is 8.78 Å². The SMILES string of the molecule is CC(C)(CCC(=O)O)NC(=O)CCc1ccc(F)c(F)c1. The smallest absolute Gasteiger partial charge is 0.303 e. The minimum atomic E-state index is -0.935. The number of aliphatic carboxylic acids is 1. The monoisotopic (exact) mass is 299 g/mol. The first-order valence-corrected chi connectivity index (χ1v) is 6.66. The van der Waals surface area contributed by atoms with Crippen molar-refractivity contribution >= 4 is 11.9 Å². The van der Waals surface area contributed by atoms with Crippen molar-refractivity contribution in [1.29, 1.82) is 0 Å². The summed E-state index contributed by atoms with van der Waals surface area (Å²) in [6.45, 7) is 3.48. The lowest BCUT2D eigenvalue weighted by Gasteiger charge is -2.25. The lowest BCUT2D eigenvalue weighted by Crippen LogP contribution is -2.43. The molecule has 0 saturated carbocycles. The molecule has 0 radical (unpaired) electrons. The van der Waals surface area contributed by atoms with E-state index in [-0.39, 0.29) is 25.2 Å². The highest BCUT2D eigenvalue weighted by atomic mass is 19.2. The van der Waals surface area contributed by atoms with Crippen LogP contribution in [0.1, 0.15) is 38.7 Å². The summed E-state index contributed by atoms with van der Waals surface area (Å²) < 4.78 is 25.8. The van der Waals surface area contributed by atoms with E-state index < -0.39 is 23.1 Å². The van der Waals surface area contributed by atoms with Gasteiger partial charge in [0, 0.05) is 18.4 Å². The number of amides is 1. The first kappa shape index (κ1) is 17.1. The summed E-state index contributed by atoms with van der Waals surface area (Å²) in [5, 5.41) is 11.4. The maximum absolute atomic E-state index is 13.0. The maximum atomic E-state index is 13.0. The van der Waals surface area contributed by atoms with Crippen molar-refractivity contribution in [2.75, 3.05) is 0 Å². The third-order valence-corrected chi connectivity index (χ3v) is 3.07. The molecule has 6 heteroatoms. The van der Waals surface area contributed by atoms with Gasteiger partial charge in [-0.05, 0) is 44.4 Å². The van der Waals surface area contributed by atoms with Gasteiger partial charge in [0.2, 0.25) is 5.91 Å². The molecule has 1 amide bonds. The number of hydrogen-bond donors (Lipinski definition) is 2. The molecule has 21 heavy (non-hydrogen) atoms. The molecule has 2 N–H and O–H groups in total. The molecular formula is C15H19F2NO3. The summed E-state index contributed by atoms with van der Waals surface area (Å²) in [5.74, 6) is -3.03. The molecule has 0 heterocycles. The van der Waals surface area contributed by atoms with Gasteiger partial charge in [-0.3, -0.25) is 9.59 Å². The molecule has 0 aliphatic heterocycles. The fourth-order valence-corrected chi connectivity index (χ4v) is 1.87. The van der Waals surface area contributed by atoms with E-state index >= 15 is 0 Å². The van der Waals surface area contributed by atoms with E-state index in [0.29, 0.717) is 12.0 Å². The molecule has 116 valence electrons. The van der Waals surface area contributed by atoms with Crippen LogP contribution in [0.25, 0.3) is 0 Å². The molecule has 0 aliphatic rings. The van der Waals surface area contributed by atoms with Crippen molar-refractivity contribution in [2.45, 2.75) is 45.1 Å². The number of rotatable bonds is 7. The van der Waals surface area contributed by atoms with Crippen molar-refractivity contribution in [3.63, 3.8) is 0 Å². The average Bonchev–Trinajstić information content (AvgIpc) is 2.37. The van der Waals surface area contributed by atoms with Crippen molar-refractivity contribution in [3.8, 4) is 0 Å². The van der Waals surface area contributed by atoms with Crippen molar-refractivity contribution < 1.29 is 23.5 Å². The average molecular weight is 299 g/mol. The zero-order valence-electron chi connectivity index (χ0n) is 12.1. The topological polar surface area (TPSA) is 66.4 Å². The van der Waals surface area contributed by atoms with E-state index in [2.05, 4.69) is 5.32 Å². The molecule has 0 fully saturated rings. The van der Waals surface area contributed by atoms with E-state index in [1.807, 2.05) is 0 Å². The third-order valence-electron chi connectivity index (χ3n) is 3.07. The summed E-state index contributed by atoms with van der Waals surface area (Å²) in [6, 6.07) is 3.53. The molecule has 0 saturated heterocycles. The fraction of sp³-hybridized carbons (Fsp3) is 0.467. The first-order valence-electron chi connectivity index (χ1n) is 6.66. The zero-order chi connectivity index (χ0) is 16.0. The molecule has 0 bridgehead atoms. The number of halogens is 2. The molecule has 0 aromatic heterocycles. The molecule has 1 aromatic carbocycles. The van der Waals surface area contributed by atoms with Crippen molar-refractivity contribution in [1.82, 2.24) is 5.32 Å². The Balaban J connectivity index is 2.46. The molecular weight excluding hydrogens is 280 g/mol. The number of hydrogen-bond acceptors (Lipinski definition) is 2. The van der Waals surface area contributed by atoms with Crippen LogP contribution in [0.2, 0.25) is 0 Å². The molecule has 0 aliphatic carbocycles. The Morgan fingerprint density at radius 1 is 1.19 bits per heavy atom. The number of benzene rings is 1. The van der Waals surface area contributed by atoms with Gasteiger partial charge in [0.15, 0.2) is 11.6 Å². The van der Waals surface area contributed by atoms with Gasteiger partial charge in [0.05, 0.1) is 0 Å². The van der Waals surface area contributed by atoms with Crippen LogP contribution in [0, 0.1) is 11.6 Å². The van der Waals surface area contributed by atoms with Gasteiger partial charge >= 0.3 is 5.97 Å². The Hall–Kier alpha value is -1.98. The summed E-state index contributed by atoms with van der Waals surface area (Å²) in [4.78, 5) is 22.3. The summed E-state index contributed by atoms with van der Waals surface area (Å²) in [5.41, 5.74) is -0.0869. The van der Waals surface area contributed by atoms with Crippen LogP contribution < -0.4 is 5.32 Å². The Labute approximate surface area is 122 Å². The minimum Gasteiger partial charge on any atom is -0.481 e. The van der Waals surface area contributed by atoms with Gasteiger partial charge < -0.3 is 10.4 Å². The Bertz CT molecular complexity index is 530. The van der Waals surface area contributed by atoms with Gasteiger partial charge in [-0.2, -0.15) is 0 Å². The van der Waals surface area contributed by atoms with E-state index in [1.165, 1.54) is 6.07 Å². The number of carboxylic acids is 1. The largest absolute Gasteiger partial charge is 0.481 e.